The summed E-state index contributed by atoms with van der Waals surface area (Å²) < 4.78 is 15.4. The average molecular weight is 548 g/mol. The second kappa shape index (κ2) is 12.1. The van der Waals surface area contributed by atoms with E-state index in [1.54, 1.807) is 6.07 Å². The Balaban J connectivity index is 1.33. The number of methoxy groups -OCH3 is 2. The summed E-state index contributed by atoms with van der Waals surface area (Å²) in [6.45, 7) is -0.512. The molecule has 12 nitrogen and oxygen atoms in total. The fourth-order valence-electron chi connectivity index (χ4n) is 3.91. The van der Waals surface area contributed by atoms with E-state index in [1.165, 1.54) is 74.9 Å². The molecule has 0 bridgehead atoms. The van der Waals surface area contributed by atoms with Crippen LogP contribution in [-0.4, -0.2) is 61.4 Å². The minimum atomic E-state index is -0.999. The maximum Gasteiger partial charge on any atom is 0.338 e. The Labute approximate surface area is 228 Å². The van der Waals surface area contributed by atoms with Gasteiger partial charge >= 0.3 is 5.97 Å². The number of hydrogen-bond acceptors (Lipinski definition) is 10. The fraction of sp³-hybridized carbons (Fsp3) is 0.179. The number of Topliss-reactive ketones (excluding diaryl/α,β-unsaturated/α-hetero) is 1. The molecule has 0 saturated carbocycles. The summed E-state index contributed by atoms with van der Waals surface area (Å²) in [5.74, 6) is -2.05. The number of amides is 3. The number of phenolic OH excluding ortho intramolecular Hbond substituents is 1. The van der Waals surface area contributed by atoms with Crippen LogP contribution in [0.1, 0.15) is 37.5 Å². The molecule has 0 aliphatic carbocycles. The van der Waals surface area contributed by atoms with Gasteiger partial charge in [0.05, 0.1) is 31.9 Å². The second-order valence-electron chi connectivity index (χ2n) is 8.59. The van der Waals surface area contributed by atoms with Gasteiger partial charge in [-0.3, -0.25) is 24.6 Å². The molecular formula is C28H25N3O9. The molecule has 1 atom stereocenters. The number of rotatable bonds is 10. The summed E-state index contributed by atoms with van der Waals surface area (Å²) in [6.07, 6.45) is -0.198. The number of anilines is 1. The quantitative estimate of drug-likeness (QED) is 0.148. The molecule has 1 heterocycles. The molecule has 0 aromatic heterocycles. The first kappa shape index (κ1) is 27.8. The summed E-state index contributed by atoms with van der Waals surface area (Å²) >= 11 is 0. The van der Waals surface area contributed by atoms with Crippen molar-refractivity contribution in [2.24, 2.45) is 0 Å². The lowest BCUT2D eigenvalue weighted by Gasteiger charge is -2.16. The van der Waals surface area contributed by atoms with E-state index in [0.29, 0.717) is 11.5 Å². The highest BCUT2D eigenvalue weighted by Crippen LogP contribution is 2.28. The maximum atomic E-state index is 12.8. The van der Waals surface area contributed by atoms with Crippen molar-refractivity contribution in [1.29, 1.82) is 0 Å². The monoisotopic (exact) mass is 547 g/mol. The van der Waals surface area contributed by atoms with E-state index in [0.717, 1.165) is 4.90 Å². The molecule has 3 aromatic carbocycles. The van der Waals surface area contributed by atoms with Crippen LogP contribution < -0.4 is 25.2 Å². The maximum absolute atomic E-state index is 12.8. The minimum absolute atomic E-state index is 0.000840. The van der Waals surface area contributed by atoms with Gasteiger partial charge in [-0.1, -0.05) is 0 Å². The number of ether oxygens (including phenoxy) is 3. The standard InChI is InChI=1S/C28H25N3O9/c1-38-23-12-7-18(13-24(23)39-2)22(33)15-40-28(37)17-3-8-19(9-4-17)31-25(34)14-21(27(31)36)29-30-26(35)16-5-10-20(32)11-6-16/h3-13,21,29,32H,14-15H2,1-2H3,(H,30,35). The van der Waals surface area contributed by atoms with Crippen LogP contribution in [0.15, 0.2) is 66.7 Å². The normalized spacial score (nSPS) is 14.6. The van der Waals surface area contributed by atoms with Crippen LogP contribution in [-0.2, 0) is 14.3 Å². The van der Waals surface area contributed by atoms with Crippen molar-refractivity contribution in [3.63, 3.8) is 0 Å². The molecule has 1 aliphatic heterocycles. The highest BCUT2D eigenvalue weighted by atomic mass is 16.5. The number of hydrogen-bond donors (Lipinski definition) is 3. The number of phenols is 1. The topological polar surface area (TPSA) is 161 Å². The molecule has 0 spiro atoms. The smallest absolute Gasteiger partial charge is 0.338 e. The predicted molar refractivity (Wildman–Crippen MR) is 140 cm³/mol. The Hall–Kier alpha value is -5.23. The van der Waals surface area contributed by atoms with Gasteiger partial charge in [0.15, 0.2) is 23.9 Å². The van der Waals surface area contributed by atoms with Crippen molar-refractivity contribution in [1.82, 2.24) is 10.9 Å². The zero-order valence-corrected chi connectivity index (χ0v) is 21.5. The second-order valence-corrected chi connectivity index (χ2v) is 8.59. The molecule has 206 valence electrons. The number of hydrazine groups is 1. The summed E-state index contributed by atoms with van der Waals surface area (Å²) in [6, 6.07) is 14.6. The van der Waals surface area contributed by atoms with Crippen molar-refractivity contribution in [3.05, 3.63) is 83.4 Å². The average Bonchev–Trinajstić information content (AvgIpc) is 3.26. The van der Waals surface area contributed by atoms with Crippen molar-refractivity contribution >= 4 is 35.2 Å². The largest absolute Gasteiger partial charge is 0.508 e. The highest BCUT2D eigenvalue weighted by Gasteiger charge is 2.39. The van der Waals surface area contributed by atoms with Crippen LogP contribution in [0.25, 0.3) is 0 Å². The van der Waals surface area contributed by atoms with Crippen molar-refractivity contribution in [3.8, 4) is 17.2 Å². The number of nitrogens with one attached hydrogen (secondary N) is 2. The van der Waals surface area contributed by atoms with E-state index in [2.05, 4.69) is 10.9 Å². The van der Waals surface area contributed by atoms with E-state index in [1.807, 2.05) is 0 Å². The molecule has 3 aromatic rings. The first-order valence-corrected chi connectivity index (χ1v) is 12.0. The van der Waals surface area contributed by atoms with Crippen LogP contribution >= 0.6 is 0 Å². The van der Waals surface area contributed by atoms with Gasteiger partial charge in [0.2, 0.25) is 5.91 Å². The van der Waals surface area contributed by atoms with E-state index < -0.39 is 42.1 Å². The van der Waals surface area contributed by atoms with Crippen LogP contribution in [0.5, 0.6) is 17.2 Å². The van der Waals surface area contributed by atoms with Gasteiger partial charge in [0.1, 0.15) is 11.8 Å². The highest BCUT2D eigenvalue weighted by molar-refractivity contribution is 6.22. The summed E-state index contributed by atoms with van der Waals surface area (Å²) in [5, 5.41) is 9.33. The third kappa shape index (κ3) is 6.08. The molecule has 1 unspecified atom stereocenters. The van der Waals surface area contributed by atoms with E-state index >= 15 is 0 Å². The van der Waals surface area contributed by atoms with Crippen LogP contribution in [0.2, 0.25) is 0 Å². The minimum Gasteiger partial charge on any atom is -0.508 e. The Kier molecular flexibility index (Phi) is 8.40. The third-order valence-corrected chi connectivity index (χ3v) is 6.04. The molecule has 40 heavy (non-hydrogen) atoms. The summed E-state index contributed by atoms with van der Waals surface area (Å²) in [4.78, 5) is 63.5. The molecule has 1 saturated heterocycles. The Morgan fingerprint density at radius 1 is 0.875 bits per heavy atom. The predicted octanol–water partition coefficient (Wildman–Crippen LogP) is 2.02. The number of aromatic hydroxyl groups is 1. The summed E-state index contributed by atoms with van der Waals surface area (Å²) in [7, 11) is 2.91. The zero-order chi connectivity index (χ0) is 28.8. The number of esters is 1. The lowest BCUT2D eigenvalue weighted by molar-refractivity contribution is -0.121. The fourth-order valence-corrected chi connectivity index (χ4v) is 3.91. The first-order valence-electron chi connectivity index (χ1n) is 12.0. The molecule has 0 radical (unpaired) electrons. The van der Waals surface area contributed by atoms with Crippen molar-refractivity contribution in [2.45, 2.75) is 12.5 Å². The van der Waals surface area contributed by atoms with Gasteiger partial charge in [-0.15, -0.1) is 0 Å². The first-order chi connectivity index (χ1) is 19.2. The van der Waals surface area contributed by atoms with Crippen molar-refractivity contribution < 1.29 is 43.3 Å². The number of benzene rings is 3. The van der Waals surface area contributed by atoms with E-state index in [4.69, 9.17) is 14.2 Å². The molecule has 1 fully saturated rings. The molecule has 12 heteroatoms. The lowest BCUT2D eigenvalue weighted by atomic mass is 10.1. The van der Waals surface area contributed by atoms with Crippen molar-refractivity contribution in [2.75, 3.05) is 25.7 Å². The van der Waals surface area contributed by atoms with Gasteiger partial charge < -0.3 is 19.3 Å². The van der Waals surface area contributed by atoms with Gasteiger partial charge in [-0.2, -0.15) is 0 Å². The van der Waals surface area contributed by atoms with Gasteiger partial charge in [-0.25, -0.2) is 15.1 Å². The number of carbonyl (C=O) groups is 5. The van der Waals surface area contributed by atoms with Gasteiger partial charge in [0.25, 0.3) is 11.8 Å². The Morgan fingerprint density at radius 2 is 1.50 bits per heavy atom. The number of carbonyl (C=O) groups excluding carboxylic acids is 5. The lowest BCUT2D eigenvalue weighted by Crippen LogP contribution is -2.48. The SMILES string of the molecule is COc1ccc(C(=O)COC(=O)c2ccc(N3C(=O)CC(NNC(=O)c4ccc(O)cc4)C3=O)cc2)cc1OC. The van der Waals surface area contributed by atoms with E-state index in [9.17, 15) is 29.1 Å². The van der Waals surface area contributed by atoms with Crippen LogP contribution in [0.4, 0.5) is 5.69 Å². The molecule has 3 amide bonds. The van der Waals surface area contributed by atoms with Gasteiger partial charge in [-0.05, 0) is 66.7 Å². The van der Waals surface area contributed by atoms with Crippen LogP contribution in [0.3, 0.4) is 0 Å². The third-order valence-electron chi connectivity index (χ3n) is 6.04. The number of nitrogens with zero attached hydrogens (tertiary/aromatic N) is 1. The Morgan fingerprint density at radius 3 is 2.15 bits per heavy atom. The summed E-state index contributed by atoms with van der Waals surface area (Å²) in [5.41, 5.74) is 5.79. The molecule has 1 aliphatic rings. The molecule has 4 rings (SSSR count). The Bertz CT molecular complexity index is 1450. The zero-order valence-electron chi connectivity index (χ0n) is 21.5. The molecule has 3 N–H and O–H groups in total. The van der Waals surface area contributed by atoms with Gasteiger partial charge in [0, 0.05) is 11.1 Å². The number of imide groups is 1. The number of ketones is 1. The van der Waals surface area contributed by atoms with E-state index in [-0.39, 0.29) is 34.5 Å². The van der Waals surface area contributed by atoms with Crippen LogP contribution in [0, 0.1) is 0 Å². The molecular weight excluding hydrogens is 522 g/mol.